The number of pyridine rings is 1. The Morgan fingerprint density at radius 1 is 1.40 bits per heavy atom. The van der Waals surface area contributed by atoms with Gasteiger partial charge in [0.2, 0.25) is 0 Å². The Bertz CT molecular complexity index is 497. The lowest BCUT2D eigenvalue weighted by Crippen LogP contribution is -2.27. The summed E-state index contributed by atoms with van der Waals surface area (Å²) in [6, 6.07) is 1.74. The van der Waals surface area contributed by atoms with Crippen LogP contribution in [0.5, 0.6) is 0 Å². The molecule has 3 rings (SSSR count). The number of carbonyl (C=O) groups is 1. The lowest BCUT2D eigenvalue weighted by molar-refractivity contribution is 0.0247. The van der Waals surface area contributed by atoms with E-state index in [2.05, 4.69) is 10.3 Å². The van der Waals surface area contributed by atoms with Crippen LogP contribution in [-0.4, -0.2) is 30.0 Å². The van der Waals surface area contributed by atoms with Gasteiger partial charge >= 0.3 is 0 Å². The van der Waals surface area contributed by atoms with Crippen molar-refractivity contribution >= 4 is 23.1 Å². The van der Waals surface area contributed by atoms with Crippen molar-refractivity contribution in [3.05, 3.63) is 23.0 Å². The molecule has 1 aliphatic carbocycles. The molecule has 2 aliphatic rings. The second kappa shape index (κ2) is 6.10. The highest BCUT2D eigenvalue weighted by molar-refractivity contribution is 6.29. The highest BCUT2D eigenvalue weighted by atomic mass is 35.5. The molecule has 1 aromatic rings. The number of hydrogen-bond acceptors (Lipinski definition) is 4. The minimum Gasteiger partial charge on any atom is -0.382 e. The maximum absolute atomic E-state index is 12.2. The van der Waals surface area contributed by atoms with Crippen molar-refractivity contribution < 1.29 is 9.53 Å². The summed E-state index contributed by atoms with van der Waals surface area (Å²) in [4.78, 5) is 16.3. The Morgan fingerprint density at radius 2 is 2.25 bits per heavy atom. The Balaban J connectivity index is 1.69. The van der Waals surface area contributed by atoms with Crippen molar-refractivity contribution in [2.24, 2.45) is 5.92 Å². The zero-order valence-corrected chi connectivity index (χ0v) is 12.2. The number of nitrogens with zero attached hydrogens (tertiary/aromatic N) is 1. The van der Waals surface area contributed by atoms with Crippen molar-refractivity contribution in [1.29, 1.82) is 0 Å². The lowest BCUT2D eigenvalue weighted by atomic mass is 10.1. The molecule has 0 bridgehead atoms. The number of carbonyl (C=O) groups excluding carboxylic acids is 1. The quantitative estimate of drug-likeness (QED) is 0.669. The molecule has 4 nitrogen and oxygen atoms in total. The van der Waals surface area contributed by atoms with E-state index in [9.17, 15) is 4.79 Å². The predicted molar refractivity (Wildman–Crippen MR) is 78.4 cm³/mol. The number of anilines is 1. The van der Waals surface area contributed by atoms with Crippen LogP contribution in [0.2, 0.25) is 5.15 Å². The van der Waals surface area contributed by atoms with Gasteiger partial charge in [-0.15, -0.1) is 0 Å². The second-order valence-electron chi connectivity index (χ2n) is 5.56. The molecule has 0 spiro atoms. The van der Waals surface area contributed by atoms with Gasteiger partial charge in [-0.05, 0) is 38.2 Å². The number of Topliss-reactive ketones (excluding diaryl/α,β-unsaturated/α-hetero) is 1. The van der Waals surface area contributed by atoms with Gasteiger partial charge in [0.05, 0.1) is 11.7 Å². The summed E-state index contributed by atoms with van der Waals surface area (Å²) < 4.78 is 5.69. The summed E-state index contributed by atoms with van der Waals surface area (Å²) in [6.07, 6.45) is 7.21. The van der Waals surface area contributed by atoms with Gasteiger partial charge in [-0.2, -0.15) is 0 Å². The molecule has 5 heteroatoms. The molecular weight excluding hydrogens is 276 g/mol. The molecule has 1 atom stereocenters. The largest absolute Gasteiger partial charge is 0.382 e. The first-order valence-corrected chi connectivity index (χ1v) is 7.67. The van der Waals surface area contributed by atoms with Gasteiger partial charge in [-0.1, -0.05) is 11.6 Å². The fourth-order valence-electron chi connectivity index (χ4n) is 2.53. The third-order valence-corrected chi connectivity index (χ3v) is 4.09. The van der Waals surface area contributed by atoms with Crippen LogP contribution >= 0.6 is 11.6 Å². The number of ketones is 1. The van der Waals surface area contributed by atoms with Crippen molar-refractivity contribution in [3.8, 4) is 0 Å². The van der Waals surface area contributed by atoms with E-state index in [-0.39, 0.29) is 17.8 Å². The zero-order chi connectivity index (χ0) is 13.9. The number of aromatic nitrogens is 1. The maximum Gasteiger partial charge on any atom is 0.169 e. The van der Waals surface area contributed by atoms with Gasteiger partial charge in [0, 0.05) is 31.0 Å². The molecule has 108 valence electrons. The van der Waals surface area contributed by atoms with Crippen molar-refractivity contribution in [2.45, 2.75) is 38.2 Å². The Kier molecular flexibility index (Phi) is 4.22. The van der Waals surface area contributed by atoms with Crippen molar-refractivity contribution in [2.75, 3.05) is 18.5 Å². The van der Waals surface area contributed by atoms with E-state index in [1.807, 2.05) is 0 Å². The van der Waals surface area contributed by atoms with E-state index in [1.165, 1.54) is 6.42 Å². The second-order valence-corrected chi connectivity index (χ2v) is 5.95. The van der Waals surface area contributed by atoms with E-state index in [4.69, 9.17) is 16.3 Å². The van der Waals surface area contributed by atoms with Crippen LogP contribution in [0.15, 0.2) is 12.3 Å². The van der Waals surface area contributed by atoms with E-state index in [0.717, 1.165) is 38.0 Å². The van der Waals surface area contributed by atoms with Crippen LogP contribution in [0.1, 0.15) is 42.5 Å². The molecule has 1 aliphatic heterocycles. The smallest absolute Gasteiger partial charge is 0.169 e. The highest BCUT2D eigenvalue weighted by Gasteiger charge is 2.32. The Hall–Kier alpha value is -1.13. The van der Waals surface area contributed by atoms with Crippen LogP contribution in [0.4, 0.5) is 5.69 Å². The Labute approximate surface area is 123 Å². The summed E-state index contributed by atoms with van der Waals surface area (Å²) in [5.74, 6) is 0.366. The third kappa shape index (κ3) is 3.30. The van der Waals surface area contributed by atoms with Crippen LogP contribution in [0.3, 0.4) is 0 Å². The number of nitrogens with one attached hydrogen (secondary N) is 1. The van der Waals surface area contributed by atoms with Crippen LogP contribution < -0.4 is 5.32 Å². The van der Waals surface area contributed by atoms with Gasteiger partial charge in [0.1, 0.15) is 5.15 Å². The topological polar surface area (TPSA) is 51.2 Å². The molecule has 2 heterocycles. The lowest BCUT2D eigenvalue weighted by Gasteiger charge is -2.23. The molecule has 0 radical (unpaired) electrons. The minimum atomic E-state index is 0.182. The summed E-state index contributed by atoms with van der Waals surface area (Å²) >= 11 is 5.94. The molecule has 0 aromatic carbocycles. The Morgan fingerprint density at radius 3 is 2.95 bits per heavy atom. The molecule has 1 aromatic heterocycles. The van der Waals surface area contributed by atoms with E-state index < -0.39 is 0 Å². The first-order valence-electron chi connectivity index (χ1n) is 7.29. The standard InChI is InChI=1S/C15H19ClN2O2/c16-14-7-13(17-8-11-3-1-2-6-20-11)12(9-18-14)15(19)10-4-5-10/h7,9-11H,1-6,8H2,(H,17,18). The van der Waals surface area contributed by atoms with E-state index in [1.54, 1.807) is 12.3 Å². The SMILES string of the molecule is O=C(c1cnc(Cl)cc1NCC1CCCCO1)C1CC1. The van der Waals surface area contributed by atoms with Gasteiger partial charge in [0.25, 0.3) is 0 Å². The zero-order valence-electron chi connectivity index (χ0n) is 11.4. The number of ether oxygens (including phenoxy) is 1. The van der Waals surface area contributed by atoms with Gasteiger partial charge in [0.15, 0.2) is 5.78 Å². The normalized spacial score (nSPS) is 22.6. The average molecular weight is 295 g/mol. The molecule has 20 heavy (non-hydrogen) atoms. The average Bonchev–Trinajstić information content (AvgIpc) is 3.30. The van der Waals surface area contributed by atoms with Gasteiger partial charge < -0.3 is 10.1 Å². The van der Waals surface area contributed by atoms with Crippen LogP contribution in [0.25, 0.3) is 0 Å². The highest BCUT2D eigenvalue weighted by Crippen LogP contribution is 2.35. The fraction of sp³-hybridized carbons (Fsp3) is 0.600. The molecular formula is C15H19ClN2O2. The minimum absolute atomic E-state index is 0.182. The molecule has 2 fully saturated rings. The summed E-state index contributed by atoms with van der Waals surface area (Å²) in [5, 5.41) is 3.72. The fourth-order valence-corrected chi connectivity index (χ4v) is 2.69. The summed E-state index contributed by atoms with van der Waals surface area (Å²) in [5.41, 5.74) is 1.45. The summed E-state index contributed by atoms with van der Waals surface area (Å²) in [6.45, 7) is 1.54. The van der Waals surface area contributed by atoms with Crippen LogP contribution in [0, 0.1) is 5.92 Å². The first kappa shape index (κ1) is 13.8. The van der Waals surface area contributed by atoms with Crippen molar-refractivity contribution in [1.82, 2.24) is 4.98 Å². The molecule has 1 saturated heterocycles. The van der Waals surface area contributed by atoms with E-state index in [0.29, 0.717) is 17.3 Å². The number of halogens is 1. The monoisotopic (exact) mass is 294 g/mol. The third-order valence-electron chi connectivity index (χ3n) is 3.88. The van der Waals surface area contributed by atoms with Crippen molar-refractivity contribution in [3.63, 3.8) is 0 Å². The number of hydrogen-bond donors (Lipinski definition) is 1. The van der Waals surface area contributed by atoms with Gasteiger partial charge in [-0.25, -0.2) is 4.98 Å². The maximum atomic E-state index is 12.2. The molecule has 1 saturated carbocycles. The number of rotatable bonds is 5. The molecule has 0 amide bonds. The molecule has 1 unspecified atom stereocenters. The molecule has 1 N–H and O–H groups in total. The van der Waals surface area contributed by atoms with Crippen LogP contribution in [-0.2, 0) is 4.74 Å². The summed E-state index contributed by atoms with van der Waals surface area (Å²) in [7, 11) is 0. The van der Waals surface area contributed by atoms with Gasteiger partial charge in [-0.3, -0.25) is 4.79 Å². The predicted octanol–water partition coefficient (Wildman–Crippen LogP) is 3.31. The first-order chi connectivity index (χ1) is 9.74. The van der Waals surface area contributed by atoms with E-state index >= 15 is 0 Å².